The molecule has 1 aliphatic carbocycles. The van der Waals surface area contributed by atoms with Gasteiger partial charge in [-0.25, -0.2) is 0 Å². The van der Waals surface area contributed by atoms with Gasteiger partial charge in [-0.15, -0.1) is 0 Å². The van der Waals surface area contributed by atoms with Crippen LogP contribution in [0.25, 0.3) is 10.9 Å². The van der Waals surface area contributed by atoms with Gasteiger partial charge < -0.3 is 14.6 Å². The van der Waals surface area contributed by atoms with Crippen LogP contribution in [-0.4, -0.2) is 39.5 Å². The molecular formula is C21H21N3O2. The van der Waals surface area contributed by atoms with E-state index in [2.05, 4.69) is 9.97 Å². The maximum Gasteiger partial charge on any atom is 0.254 e. The minimum atomic E-state index is 0.117. The van der Waals surface area contributed by atoms with Gasteiger partial charge in [-0.3, -0.25) is 9.78 Å². The summed E-state index contributed by atoms with van der Waals surface area (Å²) in [4.78, 5) is 22.6. The number of pyridine rings is 1. The van der Waals surface area contributed by atoms with Gasteiger partial charge in [-0.2, -0.15) is 0 Å². The van der Waals surface area contributed by atoms with E-state index in [0.29, 0.717) is 12.5 Å². The lowest BCUT2D eigenvalue weighted by Crippen LogP contribution is -2.39. The molecule has 1 aromatic carbocycles. The molecule has 1 N–H and O–H groups in total. The van der Waals surface area contributed by atoms with Crippen molar-refractivity contribution in [3.63, 3.8) is 0 Å². The van der Waals surface area contributed by atoms with Crippen molar-refractivity contribution in [3.8, 4) is 0 Å². The summed E-state index contributed by atoms with van der Waals surface area (Å²) in [5, 5.41) is 1.07. The topological polar surface area (TPSA) is 58.2 Å². The molecule has 132 valence electrons. The number of H-pyrrole nitrogens is 1. The molecule has 5 rings (SSSR count). The number of carbonyl (C=O) groups excluding carboxylic acids is 1. The van der Waals surface area contributed by atoms with Gasteiger partial charge in [-0.05, 0) is 49.2 Å². The standard InChI is InChI=1S/C21H21N3O2/c25-21(15-4-6-18-14(11-15)8-10-23-18)24-12-16-5-7-19(24)20(16)26-13-17-3-1-2-9-22-17/h1-4,6,8-11,16,19-20,23H,5,7,12-13H2/t16-,19+,20+/m1/s1. The van der Waals surface area contributed by atoms with Crippen molar-refractivity contribution in [1.29, 1.82) is 0 Å². The Hall–Kier alpha value is -2.66. The third-order valence-electron chi connectivity index (χ3n) is 5.72. The highest BCUT2D eigenvalue weighted by molar-refractivity contribution is 5.98. The van der Waals surface area contributed by atoms with Crippen LogP contribution in [0, 0.1) is 5.92 Å². The number of likely N-dealkylation sites (tertiary alicyclic amines) is 1. The second kappa shape index (κ2) is 6.25. The van der Waals surface area contributed by atoms with Gasteiger partial charge in [0.15, 0.2) is 0 Å². The van der Waals surface area contributed by atoms with E-state index >= 15 is 0 Å². The number of nitrogens with zero attached hydrogens (tertiary/aromatic N) is 2. The number of carbonyl (C=O) groups is 1. The number of fused-ring (bicyclic) bond motifs is 3. The van der Waals surface area contributed by atoms with E-state index in [1.807, 2.05) is 53.6 Å². The lowest BCUT2D eigenvalue weighted by atomic mass is 10.1. The van der Waals surface area contributed by atoms with Crippen molar-refractivity contribution in [3.05, 3.63) is 66.1 Å². The van der Waals surface area contributed by atoms with E-state index in [9.17, 15) is 4.79 Å². The maximum absolute atomic E-state index is 13.1. The van der Waals surface area contributed by atoms with Crippen molar-refractivity contribution in [2.24, 2.45) is 5.92 Å². The number of aromatic amines is 1. The average Bonchev–Trinajstić information content (AvgIpc) is 3.40. The number of rotatable bonds is 4. The van der Waals surface area contributed by atoms with Crippen LogP contribution in [0.15, 0.2) is 54.9 Å². The molecule has 1 amide bonds. The summed E-state index contributed by atoms with van der Waals surface area (Å²) in [6.07, 6.45) is 5.97. The van der Waals surface area contributed by atoms with Crippen LogP contribution in [0.5, 0.6) is 0 Å². The van der Waals surface area contributed by atoms with E-state index in [0.717, 1.165) is 41.5 Å². The van der Waals surface area contributed by atoms with Crippen molar-refractivity contribution < 1.29 is 9.53 Å². The van der Waals surface area contributed by atoms with Gasteiger partial charge in [0.05, 0.1) is 24.4 Å². The first-order chi connectivity index (χ1) is 12.8. The van der Waals surface area contributed by atoms with Crippen molar-refractivity contribution in [1.82, 2.24) is 14.9 Å². The predicted molar refractivity (Wildman–Crippen MR) is 98.7 cm³/mol. The number of aromatic nitrogens is 2. The zero-order valence-electron chi connectivity index (χ0n) is 14.5. The first kappa shape index (κ1) is 15.6. The number of amides is 1. The van der Waals surface area contributed by atoms with E-state index in [4.69, 9.17) is 4.74 Å². The summed E-state index contributed by atoms with van der Waals surface area (Å²) >= 11 is 0. The number of ether oxygens (including phenoxy) is 1. The van der Waals surface area contributed by atoms with Crippen molar-refractivity contribution >= 4 is 16.8 Å². The van der Waals surface area contributed by atoms with E-state index in [1.165, 1.54) is 0 Å². The molecule has 2 fully saturated rings. The maximum atomic E-state index is 13.1. The third-order valence-corrected chi connectivity index (χ3v) is 5.72. The van der Waals surface area contributed by atoms with Gasteiger partial charge in [0.1, 0.15) is 0 Å². The molecule has 3 atom stereocenters. The highest BCUT2D eigenvalue weighted by Gasteiger charge is 2.49. The Balaban J connectivity index is 1.32. The first-order valence-corrected chi connectivity index (χ1v) is 9.19. The zero-order valence-corrected chi connectivity index (χ0v) is 14.5. The second-order valence-electron chi connectivity index (χ2n) is 7.24. The second-order valence-corrected chi connectivity index (χ2v) is 7.24. The quantitative estimate of drug-likeness (QED) is 0.787. The molecular weight excluding hydrogens is 326 g/mol. The van der Waals surface area contributed by atoms with Crippen LogP contribution >= 0.6 is 0 Å². The van der Waals surface area contributed by atoms with E-state index in [1.54, 1.807) is 6.20 Å². The summed E-state index contributed by atoms with van der Waals surface area (Å²) in [6.45, 7) is 1.30. The highest BCUT2D eigenvalue weighted by atomic mass is 16.5. The molecule has 1 saturated heterocycles. The Morgan fingerprint density at radius 3 is 3.08 bits per heavy atom. The molecule has 2 aliphatic rings. The molecule has 3 heterocycles. The van der Waals surface area contributed by atoms with Crippen LogP contribution < -0.4 is 0 Å². The van der Waals surface area contributed by atoms with Gasteiger partial charge in [0.2, 0.25) is 0 Å². The fraction of sp³-hybridized carbons (Fsp3) is 0.333. The van der Waals surface area contributed by atoms with Crippen LogP contribution in [0.1, 0.15) is 28.9 Å². The molecule has 3 aromatic rings. The lowest BCUT2D eigenvalue weighted by Gasteiger charge is -2.27. The minimum Gasteiger partial charge on any atom is -0.369 e. The van der Waals surface area contributed by atoms with Gasteiger partial charge in [-0.1, -0.05) is 6.07 Å². The summed E-state index contributed by atoms with van der Waals surface area (Å²) < 4.78 is 6.19. The minimum absolute atomic E-state index is 0.117. The molecule has 1 aliphatic heterocycles. The number of nitrogens with one attached hydrogen (secondary N) is 1. The Kier molecular flexibility index (Phi) is 3.75. The fourth-order valence-corrected chi connectivity index (χ4v) is 4.44. The molecule has 1 saturated carbocycles. The number of hydrogen-bond acceptors (Lipinski definition) is 3. The summed E-state index contributed by atoms with van der Waals surface area (Å²) in [7, 11) is 0. The van der Waals surface area contributed by atoms with Gasteiger partial charge >= 0.3 is 0 Å². The summed E-state index contributed by atoms with van der Waals surface area (Å²) in [5.41, 5.74) is 2.75. The molecule has 2 bridgehead atoms. The summed E-state index contributed by atoms with van der Waals surface area (Å²) in [5.74, 6) is 0.551. The largest absolute Gasteiger partial charge is 0.369 e. The van der Waals surface area contributed by atoms with Gasteiger partial charge in [0.25, 0.3) is 5.91 Å². The van der Waals surface area contributed by atoms with Crippen LogP contribution in [0.2, 0.25) is 0 Å². The first-order valence-electron chi connectivity index (χ1n) is 9.19. The van der Waals surface area contributed by atoms with E-state index in [-0.39, 0.29) is 18.1 Å². The Labute approximate surface area is 152 Å². The molecule has 5 heteroatoms. The monoisotopic (exact) mass is 347 g/mol. The number of piperidine rings is 1. The number of benzene rings is 1. The normalized spacial score (nSPS) is 24.5. The third kappa shape index (κ3) is 2.59. The Bertz CT molecular complexity index is 937. The smallest absolute Gasteiger partial charge is 0.254 e. The predicted octanol–water partition coefficient (Wildman–Crippen LogP) is 3.38. The molecule has 2 aromatic heterocycles. The lowest BCUT2D eigenvalue weighted by molar-refractivity contribution is 0.0144. The van der Waals surface area contributed by atoms with Crippen LogP contribution in [0.3, 0.4) is 0 Å². The zero-order chi connectivity index (χ0) is 17.5. The van der Waals surface area contributed by atoms with Crippen molar-refractivity contribution in [2.45, 2.75) is 31.6 Å². The number of hydrogen-bond donors (Lipinski definition) is 1. The molecule has 26 heavy (non-hydrogen) atoms. The SMILES string of the molecule is O=C(c1ccc2[nH]ccc2c1)N1C[C@H]2CC[C@H]1[C@H]2OCc1ccccn1. The fourth-order valence-electron chi connectivity index (χ4n) is 4.44. The highest BCUT2D eigenvalue weighted by Crippen LogP contribution is 2.41. The molecule has 0 spiro atoms. The average molecular weight is 347 g/mol. The molecule has 5 nitrogen and oxygen atoms in total. The Morgan fingerprint density at radius 2 is 2.19 bits per heavy atom. The van der Waals surface area contributed by atoms with Gasteiger partial charge in [0, 0.05) is 41.3 Å². The molecule has 0 radical (unpaired) electrons. The summed E-state index contributed by atoms with van der Waals surface area (Å²) in [6, 6.07) is 13.9. The van der Waals surface area contributed by atoms with Crippen molar-refractivity contribution in [2.75, 3.05) is 6.54 Å². The van der Waals surface area contributed by atoms with Crippen LogP contribution in [0.4, 0.5) is 0 Å². The van der Waals surface area contributed by atoms with E-state index < -0.39 is 0 Å². The Morgan fingerprint density at radius 1 is 1.23 bits per heavy atom. The molecule has 0 unspecified atom stereocenters. The van der Waals surface area contributed by atoms with Crippen LogP contribution in [-0.2, 0) is 11.3 Å².